The summed E-state index contributed by atoms with van der Waals surface area (Å²) in [7, 11) is 0. The van der Waals surface area contributed by atoms with Crippen LogP contribution in [-0.2, 0) is 6.42 Å². The first-order valence-corrected chi connectivity index (χ1v) is 6.72. The van der Waals surface area contributed by atoms with Crippen LogP contribution in [0.4, 0.5) is 13.2 Å². The maximum atomic E-state index is 12.5. The number of halogens is 4. The van der Waals surface area contributed by atoms with Gasteiger partial charge >= 0.3 is 6.18 Å². The molecule has 0 saturated carbocycles. The van der Waals surface area contributed by atoms with Gasteiger partial charge in [-0.25, -0.2) is 0 Å². The lowest BCUT2D eigenvalue weighted by molar-refractivity contribution is -0.128. The zero-order valence-electron chi connectivity index (χ0n) is 9.99. The Morgan fingerprint density at radius 3 is 1.89 bits per heavy atom. The molecule has 0 spiro atoms. The average molecular weight is 329 g/mol. The summed E-state index contributed by atoms with van der Waals surface area (Å²) in [4.78, 5) is -1.61. The summed E-state index contributed by atoms with van der Waals surface area (Å²) in [5.41, 5.74) is 2.36. The molecule has 100 valence electrons. The molecule has 0 heterocycles. The minimum Gasteiger partial charge on any atom is -0.169 e. The van der Waals surface area contributed by atoms with Crippen molar-refractivity contribution in [3.63, 3.8) is 0 Å². The van der Waals surface area contributed by atoms with Crippen molar-refractivity contribution < 1.29 is 13.2 Å². The first-order chi connectivity index (χ1) is 8.97. The van der Waals surface area contributed by atoms with Crippen molar-refractivity contribution in [1.82, 2.24) is 0 Å². The van der Waals surface area contributed by atoms with Gasteiger partial charge in [0.05, 0.1) is 0 Å². The zero-order valence-corrected chi connectivity index (χ0v) is 11.6. The molecule has 19 heavy (non-hydrogen) atoms. The second-order valence-corrected chi connectivity index (χ2v) is 5.22. The number of benzene rings is 2. The van der Waals surface area contributed by atoms with Gasteiger partial charge in [-0.1, -0.05) is 70.5 Å². The van der Waals surface area contributed by atoms with Crippen molar-refractivity contribution in [3.05, 3.63) is 71.3 Å². The summed E-state index contributed by atoms with van der Waals surface area (Å²) in [5.74, 6) is 0. The van der Waals surface area contributed by atoms with E-state index < -0.39 is 11.0 Å². The third-order valence-electron chi connectivity index (χ3n) is 2.81. The largest absolute Gasteiger partial charge is 0.405 e. The van der Waals surface area contributed by atoms with E-state index in [4.69, 9.17) is 0 Å². The molecule has 0 aliphatic carbocycles. The molecule has 4 heteroatoms. The zero-order chi connectivity index (χ0) is 13.9. The first-order valence-electron chi connectivity index (χ1n) is 5.80. The van der Waals surface area contributed by atoms with Gasteiger partial charge in [-0.2, -0.15) is 13.2 Å². The highest BCUT2D eigenvalue weighted by atomic mass is 79.9. The predicted octanol–water partition coefficient (Wildman–Crippen LogP) is 5.28. The highest BCUT2D eigenvalue weighted by molar-refractivity contribution is 9.09. The molecule has 2 aromatic carbocycles. The Morgan fingerprint density at radius 2 is 1.37 bits per heavy atom. The van der Waals surface area contributed by atoms with Crippen LogP contribution >= 0.6 is 15.9 Å². The average Bonchev–Trinajstić information content (AvgIpc) is 2.39. The second kappa shape index (κ2) is 5.78. The van der Waals surface area contributed by atoms with Crippen LogP contribution in [0.3, 0.4) is 0 Å². The molecule has 2 rings (SSSR count). The van der Waals surface area contributed by atoms with Gasteiger partial charge in [0.1, 0.15) is 4.83 Å². The molecule has 0 radical (unpaired) electrons. The fraction of sp³-hybridized carbons (Fsp3) is 0.200. The van der Waals surface area contributed by atoms with Gasteiger partial charge in [0.15, 0.2) is 0 Å². The van der Waals surface area contributed by atoms with Crippen LogP contribution in [0.25, 0.3) is 0 Å². The summed E-state index contributed by atoms with van der Waals surface area (Å²) in [6.45, 7) is 0. The summed E-state index contributed by atoms with van der Waals surface area (Å²) >= 11 is 2.67. The molecule has 2 aromatic rings. The number of hydrogen-bond donors (Lipinski definition) is 0. The maximum absolute atomic E-state index is 12.5. The third kappa shape index (κ3) is 3.83. The van der Waals surface area contributed by atoms with E-state index in [-0.39, 0.29) is 5.56 Å². The van der Waals surface area contributed by atoms with Crippen molar-refractivity contribution in [2.24, 2.45) is 0 Å². The van der Waals surface area contributed by atoms with E-state index in [1.165, 1.54) is 12.1 Å². The fourth-order valence-corrected chi connectivity index (χ4v) is 2.13. The molecule has 1 unspecified atom stereocenters. The summed E-state index contributed by atoms with van der Waals surface area (Å²) in [5, 5.41) is 0. The van der Waals surface area contributed by atoms with Crippen LogP contribution in [0.1, 0.15) is 21.5 Å². The Balaban J connectivity index is 2.11. The molecule has 0 fully saturated rings. The van der Waals surface area contributed by atoms with Crippen LogP contribution in [0.5, 0.6) is 0 Å². The monoisotopic (exact) mass is 328 g/mol. The van der Waals surface area contributed by atoms with Crippen LogP contribution in [-0.4, -0.2) is 6.18 Å². The fourth-order valence-electron chi connectivity index (χ4n) is 1.82. The first kappa shape index (κ1) is 14.1. The van der Waals surface area contributed by atoms with Gasteiger partial charge in [0.2, 0.25) is 0 Å². The molecular formula is C15H12BrF3. The van der Waals surface area contributed by atoms with Crippen molar-refractivity contribution in [2.75, 3.05) is 0 Å². The molecule has 1 atom stereocenters. The van der Waals surface area contributed by atoms with Gasteiger partial charge in [-0.3, -0.25) is 0 Å². The van der Waals surface area contributed by atoms with Crippen LogP contribution in [0, 0.1) is 0 Å². The molecule has 0 aromatic heterocycles. The van der Waals surface area contributed by atoms with Crippen molar-refractivity contribution >= 4 is 15.9 Å². The topological polar surface area (TPSA) is 0 Å². The van der Waals surface area contributed by atoms with Gasteiger partial charge in [-0.15, -0.1) is 0 Å². The standard InChI is InChI=1S/C15H12BrF3/c16-14(15(17,18)19)13-8-6-12(7-9-13)10-11-4-2-1-3-5-11/h1-9,14H,10H2. The van der Waals surface area contributed by atoms with Crippen molar-refractivity contribution in [1.29, 1.82) is 0 Å². The van der Waals surface area contributed by atoms with Crippen molar-refractivity contribution in [2.45, 2.75) is 17.4 Å². The van der Waals surface area contributed by atoms with E-state index >= 15 is 0 Å². The predicted molar refractivity (Wildman–Crippen MR) is 73.4 cm³/mol. The molecule has 0 amide bonds. The Morgan fingerprint density at radius 1 is 0.842 bits per heavy atom. The van der Waals surface area contributed by atoms with E-state index in [0.29, 0.717) is 0 Å². The Bertz CT molecular complexity index is 517. The normalized spacial score (nSPS) is 13.3. The molecule has 0 saturated heterocycles. The summed E-state index contributed by atoms with van der Waals surface area (Å²) in [6.07, 6.45) is -3.54. The molecule has 0 bridgehead atoms. The van der Waals surface area contributed by atoms with E-state index in [1.807, 2.05) is 30.3 Å². The minimum atomic E-state index is -4.26. The number of rotatable bonds is 3. The van der Waals surface area contributed by atoms with Crippen molar-refractivity contribution in [3.8, 4) is 0 Å². The molecule has 0 aliphatic heterocycles. The highest BCUT2D eigenvalue weighted by Gasteiger charge is 2.38. The van der Waals surface area contributed by atoms with Gasteiger partial charge < -0.3 is 0 Å². The Kier molecular flexibility index (Phi) is 4.30. The summed E-state index contributed by atoms with van der Waals surface area (Å²) < 4.78 is 37.6. The lowest BCUT2D eigenvalue weighted by Gasteiger charge is -2.14. The third-order valence-corrected chi connectivity index (χ3v) is 3.86. The van der Waals surface area contributed by atoms with Crippen LogP contribution in [0.15, 0.2) is 54.6 Å². The lowest BCUT2D eigenvalue weighted by Crippen LogP contribution is -2.15. The molecule has 0 nitrogen and oxygen atoms in total. The second-order valence-electron chi connectivity index (χ2n) is 4.31. The van der Waals surface area contributed by atoms with E-state index in [1.54, 1.807) is 12.1 Å². The van der Waals surface area contributed by atoms with E-state index in [2.05, 4.69) is 15.9 Å². The Hall–Kier alpha value is -1.29. The number of alkyl halides is 4. The maximum Gasteiger partial charge on any atom is 0.405 e. The molecule has 0 N–H and O–H groups in total. The van der Waals surface area contributed by atoms with Gasteiger partial charge in [0, 0.05) is 0 Å². The Labute approximate surface area is 118 Å². The smallest absolute Gasteiger partial charge is 0.169 e. The molecule has 0 aliphatic rings. The van der Waals surface area contributed by atoms with Gasteiger partial charge in [-0.05, 0) is 23.1 Å². The van der Waals surface area contributed by atoms with Crippen LogP contribution in [0.2, 0.25) is 0 Å². The lowest BCUT2D eigenvalue weighted by atomic mass is 10.0. The number of hydrogen-bond acceptors (Lipinski definition) is 0. The quantitative estimate of drug-likeness (QED) is 0.673. The highest BCUT2D eigenvalue weighted by Crippen LogP contribution is 2.39. The van der Waals surface area contributed by atoms with E-state index in [0.717, 1.165) is 17.5 Å². The molecular weight excluding hydrogens is 317 g/mol. The minimum absolute atomic E-state index is 0.226. The SMILES string of the molecule is FC(F)(F)C(Br)c1ccc(Cc2ccccc2)cc1. The summed E-state index contributed by atoms with van der Waals surface area (Å²) in [6, 6.07) is 16.3. The van der Waals surface area contributed by atoms with Crippen LogP contribution < -0.4 is 0 Å². The van der Waals surface area contributed by atoms with Gasteiger partial charge in [0.25, 0.3) is 0 Å². The van der Waals surface area contributed by atoms with E-state index in [9.17, 15) is 13.2 Å².